The standard InChI is InChI=1S/C21H28N4O/c1-5-8-26-12(2)10-23-18-9-15(11-22-13(18)3)19-16-6-7-17-21(20(16)19)25-14(4)24-17/h5,8-9,11,13,16,19-20,22-25H,2,4,6-7,10H2,1,3H3/b8-5-/t13-,16?,19?,20-/m0/s1. The number of hydrogen-bond acceptors (Lipinski definition) is 5. The van der Waals surface area contributed by atoms with Gasteiger partial charge in [-0.3, -0.25) is 0 Å². The van der Waals surface area contributed by atoms with Gasteiger partial charge in [-0.15, -0.1) is 0 Å². The van der Waals surface area contributed by atoms with Crippen LogP contribution in [0.2, 0.25) is 0 Å². The van der Waals surface area contributed by atoms with Crippen LogP contribution in [0.25, 0.3) is 0 Å². The second-order valence-corrected chi connectivity index (χ2v) is 7.49. The summed E-state index contributed by atoms with van der Waals surface area (Å²) in [4.78, 5) is 0. The van der Waals surface area contributed by atoms with Crippen molar-refractivity contribution in [2.75, 3.05) is 6.54 Å². The van der Waals surface area contributed by atoms with Crippen LogP contribution >= 0.6 is 0 Å². The van der Waals surface area contributed by atoms with Gasteiger partial charge in [0.05, 0.1) is 24.7 Å². The van der Waals surface area contributed by atoms with Crippen molar-refractivity contribution in [3.05, 3.63) is 72.0 Å². The topological polar surface area (TPSA) is 57.3 Å². The fourth-order valence-electron chi connectivity index (χ4n) is 4.35. The Morgan fingerprint density at radius 3 is 3.04 bits per heavy atom. The summed E-state index contributed by atoms with van der Waals surface area (Å²) in [7, 11) is 0. The molecule has 5 nitrogen and oxygen atoms in total. The lowest BCUT2D eigenvalue weighted by Gasteiger charge is -2.24. The van der Waals surface area contributed by atoms with Crippen molar-refractivity contribution in [1.82, 2.24) is 21.3 Å². The zero-order chi connectivity index (χ0) is 18.3. The van der Waals surface area contributed by atoms with Gasteiger partial charge in [-0.2, -0.15) is 0 Å². The highest BCUT2D eigenvalue weighted by Crippen LogP contribution is 2.61. The van der Waals surface area contributed by atoms with Crippen molar-refractivity contribution >= 4 is 0 Å². The largest absolute Gasteiger partial charge is 0.468 e. The number of nitrogens with one attached hydrogen (secondary N) is 4. The molecule has 4 atom stereocenters. The summed E-state index contributed by atoms with van der Waals surface area (Å²) in [6.07, 6.45) is 10.4. The molecule has 26 heavy (non-hydrogen) atoms. The van der Waals surface area contributed by atoms with Crippen molar-refractivity contribution in [3.8, 4) is 0 Å². The molecule has 0 radical (unpaired) electrons. The lowest BCUT2D eigenvalue weighted by atomic mass is 10.0. The Bertz CT molecular complexity index is 758. The van der Waals surface area contributed by atoms with E-state index in [1.165, 1.54) is 29.1 Å². The van der Waals surface area contributed by atoms with E-state index in [0.29, 0.717) is 24.1 Å². The fraction of sp³-hybridized carbons (Fsp3) is 0.429. The van der Waals surface area contributed by atoms with Gasteiger partial charge in [0.1, 0.15) is 5.76 Å². The lowest BCUT2D eigenvalue weighted by molar-refractivity contribution is 0.339. The molecule has 0 aromatic carbocycles. The molecule has 1 fully saturated rings. The summed E-state index contributed by atoms with van der Waals surface area (Å²) >= 11 is 0. The molecule has 4 N–H and O–H groups in total. The molecule has 4 aliphatic rings. The molecule has 0 bridgehead atoms. The number of allylic oxidation sites excluding steroid dienone is 5. The quantitative estimate of drug-likeness (QED) is 0.554. The van der Waals surface area contributed by atoms with Crippen LogP contribution in [0.3, 0.4) is 0 Å². The minimum atomic E-state index is 0.259. The molecule has 2 unspecified atom stereocenters. The molecule has 2 aliphatic heterocycles. The Balaban J connectivity index is 1.43. The summed E-state index contributed by atoms with van der Waals surface area (Å²) in [5.74, 6) is 3.55. The van der Waals surface area contributed by atoms with Crippen LogP contribution in [-0.2, 0) is 4.74 Å². The molecule has 0 amide bonds. The van der Waals surface area contributed by atoms with Crippen LogP contribution in [0.15, 0.2) is 72.0 Å². The normalized spacial score (nSPS) is 31.8. The van der Waals surface area contributed by atoms with Crippen LogP contribution in [0, 0.1) is 17.8 Å². The molecule has 1 saturated carbocycles. The van der Waals surface area contributed by atoms with Crippen LogP contribution in [-0.4, -0.2) is 12.6 Å². The minimum Gasteiger partial charge on any atom is -0.468 e. The van der Waals surface area contributed by atoms with Crippen molar-refractivity contribution in [2.24, 2.45) is 17.8 Å². The van der Waals surface area contributed by atoms with Crippen molar-refractivity contribution in [2.45, 2.75) is 32.7 Å². The second-order valence-electron chi connectivity index (χ2n) is 7.49. The molecule has 0 spiro atoms. The third-order valence-electron chi connectivity index (χ3n) is 5.68. The Labute approximate surface area is 155 Å². The van der Waals surface area contributed by atoms with Gasteiger partial charge in [0.25, 0.3) is 0 Å². The Morgan fingerprint density at radius 2 is 2.23 bits per heavy atom. The molecule has 0 aromatic heterocycles. The van der Waals surface area contributed by atoms with Crippen molar-refractivity contribution in [1.29, 1.82) is 0 Å². The van der Waals surface area contributed by atoms with Crippen molar-refractivity contribution in [3.63, 3.8) is 0 Å². The summed E-state index contributed by atoms with van der Waals surface area (Å²) in [5.41, 5.74) is 5.28. The molecule has 0 saturated heterocycles. The average Bonchev–Trinajstić information content (AvgIpc) is 3.24. The number of fused-ring (bicyclic) bond motifs is 2. The SMILES string of the molecule is C=C1NC2=C(N1)[C@H]1C(CC2)C1C1=CN[C@@H](C)C(NCC(=C)O/C=C\C)=C1. The number of rotatable bonds is 6. The van der Waals surface area contributed by atoms with Gasteiger partial charge in [0.2, 0.25) is 0 Å². The fourth-order valence-corrected chi connectivity index (χ4v) is 4.35. The molecule has 5 heteroatoms. The molecule has 138 valence electrons. The first-order chi connectivity index (χ1) is 12.6. The van der Waals surface area contributed by atoms with E-state index in [0.717, 1.165) is 18.2 Å². The smallest absolute Gasteiger partial charge is 0.115 e. The molecule has 2 heterocycles. The third-order valence-corrected chi connectivity index (χ3v) is 5.68. The molecule has 2 aliphatic carbocycles. The summed E-state index contributed by atoms with van der Waals surface area (Å²) in [6.45, 7) is 12.6. The zero-order valence-corrected chi connectivity index (χ0v) is 15.6. The van der Waals surface area contributed by atoms with Crippen molar-refractivity contribution < 1.29 is 4.74 Å². The second kappa shape index (κ2) is 6.63. The van der Waals surface area contributed by atoms with Gasteiger partial charge in [0.15, 0.2) is 0 Å². The predicted octanol–water partition coefficient (Wildman–Crippen LogP) is 2.93. The minimum absolute atomic E-state index is 0.259. The van der Waals surface area contributed by atoms with Gasteiger partial charge >= 0.3 is 0 Å². The van der Waals surface area contributed by atoms with Gasteiger partial charge in [-0.05, 0) is 50.2 Å². The van der Waals surface area contributed by atoms with E-state index in [-0.39, 0.29) is 6.04 Å². The average molecular weight is 352 g/mol. The van der Waals surface area contributed by atoms with Crippen LogP contribution in [0.4, 0.5) is 0 Å². The van der Waals surface area contributed by atoms with E-state index in [2.05, 4.69) is 53.6 Å². The lowest BCUT2D eigenvalue weighted by Crippen LogP contribution is -2.35. The summed E-state index contributed by atoms with van der Waals surface area (Å²) < 4.78 is 5.41. The van der Waals surface area contributed by atoms with Gasteiger partial charge < -0.3 is 26.0 Å². The summed E-state index contributed by atoms with van der Waals surface area (Å²) in [5, 5.41) is 13.8. The van der Waals surface area contributed by atoms with E-state index in [4.69, 9.17) is 4.74 Å². The highest BCUT2D eigenvalue weighted by atomic mass is 16.5. The third kappa shape index (κ3) is 3.02. The molecular formula is C21H28N4O. The van der Waals surface area contributed by atoms with E-state index in [1.807, 2.05) is 13.0 Å². The number of dihydropyridines is 1. The maximum absolute atomic E-state index is 5.41. The van der Waals surface area contributed by atoms with Crippen LogP contribution < -0.4 is 21.3 Å². The van der Waals surface area contributed by atoms with Gasteiger partial charge in [-0.25, -0.2) is 0 Å². The predicted molar refractivity (Wildman–Crippen MR) is 104 cm³/mol. The monoisotopic (exact) mass is 352 g/mol. The highest BCUT2D eigenvalue weighted by molar-refractivity contribution is 5.44. The van der Waals surface area contributed by atoms with Gasteiger partial charge in [0, 0.05) is 29.2 Å². The Kier molecular flexibility index (Phi) is 4.31. The van der Waals surface area contributed by atoms with Crippen LogP contribution in [0.1, 0.15) is 26.7 Å². The zero-order valence-electron chi connectivity index (χ0n) is 15.6. The van der Waals surface area contributed by atoms with E-state index < -0.39 is 0 Å². The first kappa shape index (κ1) is 16.9. The van der Waals surface area contributed by atoms with Crippen LogP contribution in [0.5, 0.6) is 0 Å². The Hall–Kier alpha value is -2.56. The van der Waals surface area contributed by atoms with E-state index >= 15 is 0 Å². The first-order valence-electron chi connectivity index (χ1n) is 9.41. The Morgan fingerprint density at radius 1 is 1.38 bits per heavy atom. The first-order valence-corrected chi connectivity index (χ1v) is 9.41. The summed E-state index contributed by atoms with van der Waals surface area (Å²) in [6, 6.07) is 0.259. The maximum Gasteiger partial charge on any atom is 0.115 e. The number of ether oxygens (including phenoxy) is 1. The van der Waals surface area contributed by atoms with E-state index in [1.54, 1.807) is 6.26 Å². The maximum atomic E-state index is 5.41. The molecular weight excluding hydrogens is 324 g/mol. The number of hydrogen-bond donors (Lipinski definition) is 4. The molecule has 0 aromatic rings. The van der Waals surface area contributed by atoms with Gasteiger partial charge in [-0.1, -0.05) is 19.2 Å². The van der Waals surface area contributed by atoms with E-state index in [9.17, 15) is 0 Å². The highest BCUT2D eigenvalue weighted by Gasteiger charge is 2.57. The molecule has 4 rings (SSSR count).